The molecule has 0 bridgehead atoms. The summed E-state index contributed by atoms with van der Waals surface area (Å²) in [6.45, 7) is 4.62. The average molecular weight is 469 g/mol. The largest absolute Gasteiger partial charge is 0.355 e. The Labute approximate surface area is 153 Å². The van der Waals surface area contributed by atoms with E-state index in [4.69, 9.17) is 0 Å². The fraction of sp³-hybridized carbons (Fsp3) is 0.500. The molecule has 6 nitrogen and oxygen atoms in total. The van der Waals surface area contributed by atoms with Crippen molar-refractivity contribution in [1.82, 2.24) is 14.5 Å². The van der Waals surface area contributed by atoms with Gasteiger partial charge in [0.05, 0.1) is 11.4 Å². The van der Waals surface area contributed by atoms with Gasteiger partial charge in [-0.1, -0.05) is 15.9 Å². The molecule has 1 heterocycles. The van der Waals surface area contributed by atoms with Gasteiger partial charge in [-0.25, -0.2) is 8.42 Å². The smallest absolute Gasteiger partial charge is 0.244 e. The zero-order chi connectivity index (χ0) is 17.0. The maximum atomic E-state index is 12.8. The standard InChI is InChI=1S/C14H19Br2N3O3S/c1-2-17-14(20)10-18-5-7-19(8-6-18)23(21,22)13-9-11(15)3-4-12(13)16/h3-4,9H,2,5-8,10H2,1H3,(H,17,20). The molecule has 0 atom stereocenters. The van der Waals surface area contributed by atoms with Crippen LogP contribution in [0.5, 0.6) is 0 Å². The number of hydrogen-bond donors (Lipinski definition) is 1. The normalized spacial score (nSPS) is 17.2. The summed E-state index contributed by atoms with van der Waals surface area (Å²) in [4.78, 5) is 13.8. The number of carbonyl (C=O) groups is 1. The number of nitrogens with zero attached hydrogens (tertiary/aromatic N) is 2. The second-order valence-electron chi connectivity index (χ2n) is 5.21. The lowest BCUT2D eigenvalue weighted by atomic mass is 10.3. The Morgan fingerprint density at radius 1 is 1.22 bits per heavy atom. The summed E-state index contributed by atoms with van der Waals surface area (Å²) in [6.07, 6.45) is 0. The number of benzene rings is 1. The molecule has 0 aliphatic carbocycles. The number of piperazine rings is 1. The lowest BCUT2D eigenvalue weighted by molar-refractivity contribution is -0.122. The van der Waals surface area contributed by atoms with E-state index >= 15 is 0 Å². The van der Waals surface area contributed by atoms with Gasteiger partial charge in [0, 0.05) is 41.7 Å². The molecule has 0 radical (unpaired) electrons. The molecule has 9 heteroatoms. The Bertz CT molecular complexity index is 674. The summed E-state index contributed by atoms with van der Waals surface area (Å²) in [7, 11) is -3.55. The van der Waals surface area contributed by atoms with E-state index in [1.165, 1.54) is 4.31 Å². The summed E-state index contributed by atoms with van der Waals surface area (Å²) in [5.41, 5.74) is 0. The quantitative estimate of drug-likeness (QED) is 0.713. The van der Waals surface area contributed by atoms with Crippen LogP contribution in [0.4, 0.5) is 0 Å². The second-order valence-corrected chi connectivity index (χ2v) is 8.88. The van der Waals surface area contributed by atoms with Gasteiger partial charge in [-0.2, -0.15) is 4.31 Å². The minimum absolute atomic E-state index is 0.0291. The molecular weight excluding hydrogens is 450 g/mol. The Balaban J connectivity index is 2.04. The molecule has 1 aromatic rings. The average Bonchev–Trinajstić information content (AvgIpc) is 2.50. The second kappa shape index (κ2) is 8.06. The molecular formula is C14H19Br2N3O3S. The monoisotopic (exact) mass is 467 g/mol. The predicted octanol–water partition coefficient (Wildman–Crippen LogP) is 1.65. The third-order valence-corrected chi connectivity index (χ3v) is 6.97. The summed E-state index contributed by atoms with van der Waals surface area (Å²) < 4.78 is 28.3. The van der Waals surface area contributed by atoms with Crippen LogP contribution in [0.25, 0.3) is 0 Å². The van der Waals surface area contributed by atoms with Gasteiger partial charge in [0.25, 0.3) is 0 Å². The highest BCUT2D eigenvalue weighted by Crippen LogP contribution is 2.28. The number of nitrogens with one attached hydrogen (secondary N) is 1. The van der Waals surface area contributed by atoms with Gasteiger partial charge >= 0.3 is 0 Å². The molecule has 0 unspecified atom stereocenters. The van der Waals surface area contributed by atoms with Crippen molar-refractivity contribution < 1.29 is 13.2 Å². The van der Waals surface area contributed by atoms with Crippen molar-refractivity contribution in [2.45, 2.75) is 11.8 Å². The zero-order valence-corrected chi connectivity index (χ0v) is 16.7. The number of hydrogen-bond acceptors (Lipinski definition) is 4. The van der Waals surface area contributed by atoms with Gasteiger partial charge in [-0.05, 0) is 41.1 Å². The molecule has 1 fully saturated rings. The number of rotatable bonds is 5. The van der Waals surface area contributed by atoms with Crippen LogP contribution in [0.1, 0.15) is 6.92 Å². The first-order chi connectivity index (χ1) is 10.8. The van der Waals surface area contributed by atoms with E-state index in [9.17, 15) is 13.2 Å². The van der Waals surface area contributed by atoms with Crippen LogP contribution in [-0.2, 0) is 14.8 Å². The van der Waals surface area contributed by atoms with Crippen molar-refractivity contribution >= 4 is 47.8 Å². The van der Waals surface area contributed by atoms with Gasteiger partial charge < -0.3 is 5.32 Å². The number of sulfonamides is 1. The molecule has 2 rings (SSSR count). The molecule has 1 aliphatic rings. The summed E-state index contributed by atoms with van der Waals surface area (Å²) >= 11 is 6.61. The van der Waals surface area contributed by atoms with Crippen LogP contribution in [0.15, 0.2) is 32.0 Å². The van der Waals surface area contributed by atoms with Gasteiger partial charge in [0.1, 0.15) is 0 Å². The van der Waals surface area contributed by atoms with Crippen molar-refractivity contribution in [2.75, 3.05) is 39.3 Å². The fourth-order valence-electron chi connectivity index (χ4n) is 2.40. The zero-order valence-electron chi connectivity index (χ0n) is 12.8. The van der Waals surface area contributed by atoms with Crippen LogP contribution in [-0.4, -0.2) is 62.8 Å². The number of halogens is 2. The van der Waals surface area contributed by atoms with Crippen LogP contribution >= 0.6 is 31.9 Å². The molecule has 23 heavy (non-hydrogen) atoms. The number of amides is 1. The fourth-order valence-corrected chi connectivity index (χ4v) is 5.28. The van der Waals surface area contributed by atoms with Gasteiger partial charge in [0.2, 0.25) is 15.9 Å². The maximum Gasteiger partial charge on any atom is 0.244 e. The third kappa shape index (κ3) is 4.76. The SMILES string of the molecule is CCNC(=O)CN1CCN(S(=O)(=O)c2cc(Br)ccc2Br)CC1. The Kier molecular flexibility index (Phi) is 6.61. The highest BCUT2D eigenvalue weighted by Gasteiger charge is 2.30. The number of likely N-dealkylation sites (N-methyl/N-ethyl adjacent to an activating group) is 1. The van der Waals surface area contributed by atoms with E-state index in [2.05, 4.69) is 37.2 Å². The van der Waals surface area contributed by atoms with Gasteiger partial charge in [-0.3, -0.25) is 9.69 Å². The van der Waals surface area contributed by atoms with E-state index in [0.29, 0.717) is 48.2 Å². The van der Waals surface area contributed by atoms with E-state index in [1.54, 1.807) is 18.2 Å². The summed E-state index contributed by atoms with van der Waals surface area (Å²) in [5, 5.41) is 2.75. The molecule has 0 aromatic heterocycles. The molecule has 1 amide bonds. The minimum atomic E-state index is -3.55. The lowest BCUT2D eigenvalue weighted by Crippen LogP contribution is -2.51. The van der Waals surface area contributed by atoms with E-state index in [-0.39, 0.29) is 10.8 Å². The Morgan fingerprint density at radius 3 is 2.48 bits per heavy atom. The Hall–Kier alpha value is -0.480. The molecule has 0 saturated carbocycles. The van der Waals surface area contributed by atoms with Gasteiger partial charge in [-0.15, -0.1) is 0 Å². The van der Waals surface area contributed by atoms with Crippen LogP contribution < -0.4 is 5.32 Å². The molecule has 1 aromatic carbocycles. The Morgan fingerprint density at radius 2 is 1.87 bits per heavy atom. The lowest BCUT2D eigenvalue weighted by Gasteiger charge is -2.33. The van der Waals surface area contributed by atoms with E-state index in [0.717, 1.165) is 0 Å². The minimum Gasteiger partial charge on any atom is -0.355 e. The molecule has 1 aliphatic heterocycles. The van der Waals surface area contributed by atoms with Crippen molar-refractivity contribution in [3.05, 3.63) is 27.1 Å². The van der Waals surface area contributed by atoms with Crippen molar-refractivity contribution in [1.29, 1.82) is 0 Å². The van der Waals surface area contributed by atoms with Crippen molar-refractivity contribution in [3.8, 4) is 0 Å². The topological polar surface area (TPSA) is 69.7 Å². The van der Waals surface area contributed by atoms with Crippen LogP contribution in [0.2, 0.25) is 0 Å². The highest BCUT2D eigenvalue weighted by molar-refractivity contribution is 9.11. The first-order valence-corrected chi connectivity index (χ1v) is 10.3. The first-order valence-electron chi connectivity index (χ1n) is 7.29. The summed E-state index contributed by atoms with van der Waals surface area (Å²) in [5.74, 6) is -0.0291. The number of carbonyl (C=O) groups excluding carboxylic acids is 1. The van der Waals surface area contributed by atoms with Crippen LogP contribution in [0, 0.1) is 0 Å². The van der Waals surface area contributed by atoms with E-state index < -0.39 is 10.0 Å². The molecule has 1 N–H and O–H groups in total. The first kappa shape index (κ1) is 18.9. The molecule has 1 saturated heterocycles. The van der Waals surface area contributed by atoms with Gasteiger partial charge in [0.15, 0.2) is 0 Å². The van der Waals surface area contributed by atoms with Crippen molar-refractivity contribution in [2.24, 2.45) is 0 Å². The predicted molar refractivity (Wildman–Crippen MR) is 95.7 cm³/mol. The maximum absolute atomic E-state index is 12.8. The molecule has 128 valence electrons. The van der Waals surface area contributed by atoms with Crippen LogP contribution in [0.3, 0.4) is 0 Å². The molecule has 0 spiro atoms. The van der Waals surface area contributed by atoms with Crippen molar-refractivity contribution in [3.63, 3.8) is 0 Å². The van der Waals surface area contributed by atoms with E-state index in [1.807, 2.05) is 11.8 Å². The summed E-state index contributed by atoms with van der Waals surface area (Å²) in [6, 6.07) is 5.09. The highest BCUT2D eigenvalue weighted by atomic mass is 79.9. The third-order valence-electron chi connectivity index (χ3n) is 3.58.